The first kappa shape index (κ1) is 22.4. The van der Waals surface area contributed by atoms with Crippen molar-refractivity contribution < 1.29 is 17.9 Å². The molecule has 7 heteroatoms. The summed E-state index contributed by atoms with van der Waals surface area (Å²) in [5.41, 5.74) is 1.27. The van der Waals surface area contributed by atoms with Crippen molar-refractivity contribution in [3.63, 3.8) is 0 Å². The molecule has 0 fully saturated rings. The van der Waals surface area contributed by atoms with E-state index in [-0.39, 0.29) is 29.5 Å². The van der Waals surface area contributed by atoms with E-state index in [9.17, 15) is 13.2 Å². The number of hydrogen-bond donors (Lipinski definition) is 2. The first-order valence-electron chi connectivity index (χ1n) is 10.5. The molecule has 0 aliphatic heterocycles. The molecule has 1 amide bonds. The smallest absolute Gasteiger partial charge is 0.262 e. The van der Waals surface area contributed by atoms with Crippen LogP contribution in [0.3, 0.4) is 0 Å². The number of benzene rings is 4. The highest BCUT2D eigenvalue weighted by molar-refractivity contribution is 7.92. The van der Waals surface area contributed by atoms with Crippen LogP contribution in [0.25, 0.3) is 10.8 Å². The Hall–Kier alpha value is -3.84. The van der Waals surface area contributed by atoms with Gasteiger partial charge in [0.05, 0.1) is 11.4 Å². The molecular formula is C26H24N2O4S. The standard InChI is InChI=1S/C26H24N2O4S/c1-19-14-15-21(18-25(19)33(30,31)28-22-10-3-2-4-11-22)26(29)27-16-17-32-24-13-7-9-20-8-5-6-12-23(20)24/h2-15,18,28H,16-17H2,1H3,(H,27,29). The van der Waals surface area contributed by atoms with Crippen molar-refractivity contribution in [2.24, 2.45) is 0 Å². The fourth-order valence-electron chi connectivity index (χ4n) is 3.50. The SMILES string of the molecule is Cc1ccc(C(=O)NCCOc2cccc3ccccc23)cc1S(=O)(=O)Nc1ccccc1. The maximum absolute atomic E-state index is 12.9. The number of sulfonamides is 1. The molecule has 0 aliphatic rings. The summed E-state index contributed by atoms with van der Waals surface area (Å²) in [5, 5.41) is 4.87. The summed E-state index contributed by atoms with van der Waals surface area (Å²) < 4.78 is 34.1. The Balaban J connectivity index is 1.40. The number of rotatable bonds is 8. The molecule has 0 heterocycles. The molecule has 0 saturated heterocycles. The molecule has 6 nitrogen and oxygen atoms in total. The number of amides is 1. The van der Waals surface area contributed by atoms with Crippen molar-refractivity contribution in [3.05, 3.63) is 102 Å². The van der Waals surface area contributed by atoms with E-state index in [0.29, 0.717) is 11.3 Å². The van der Waals surface area contributed by atoms with Crippen LogP contribution in [0.1, 0.15) is 15.9 Å². The van der Waals surface area contributed by atoms with Gasteiger partial charge in [0.2, 0.25) is 0 Å². The number of nitrogens with one attached hydrogen (secondary N) is 2. The van der Waals surface area contributed by atoms with E-state index in [1.54, 1.807) is 49.4 Å². The number of ether oxygens (including phenoxy) is 1. The van der Waals surface area contributed by atoms with Crippen LogP contribution >= 0.6 is 0 Å². The van der Waals surface area contributed by atoms with Crippen LogP contribution in [0.4, 0.5) is 5.69 Å². The highest BCUT2D eigenvalue weighted by Crippen LogP contribution is 2.25. The van der Waals surface area contributed by atoms with Crippen molar-refractivity contribution in [1.82, 2.24) is 5.32 Å². The number of fused-ring (bicyclic) bond motifs is 1. The van der Waals surface area contributed by atoms with E-state index in [4.69, 9.17) is 4.74 Å². The Morgan fingerprint density at radius 1 is 0.879 bits per heavy atom. The van der Waals surface area contributed by atoms with Crippen LogP contribution in [0, 0.1) is 6.92 Å². The van der Waals surface area contributed by atoms with Crippen molar-refractivity contribution in [3.8, 4) is 5.75 Å². The minimum atomic E-state index is -3.84. The summed E-state index contributed by atoms with van der Waals surface area (Å²) in [4.78, 5) is 12.7. The first-order valence-corrected chi connectivity index (χ1v) is 12.0. The molecule has 0 spiro atoms. The maximum Gasteiger partial charge on any atom is 0.262 e. The van der Waals surface area contributed by atoms with Gasteiger partial charge in [0.15, 0.2) is 0 Å². The van der Waals surface area contributed by atoms with E-state index < -0.39 is 10.0 Å². The normalized spacial score (nSPS) is 11.2. The lowest BCUT2D eigenvalue weighted by molar-refractivity contribution is 0.0947. The average molecular weight is 461 g/mol. The zero-order valence-corrected chi connectivity index (χ0v) is 18.9. The van der Waals surface area contributed by atoms with Gasteiger partial charge in [-0.05, 0) is 48.2 Å². The number of aryl methyl sites for hydroxylation is 1. The molecule has 168 valence electrons. The second kappa shape index (κ2) is 9.75. The van der Waals surface area contributed by atoms with E-state index in [2.05, 4.69) is 10.0 Å². The summed E-state index contributed by atoms with van der Waals surface area (Å²) in [6, 6.07) is 27.0. The first-order chi connectivity index (χ1) is 15.9. The molecule has 0 aromatic heterocycles. The van der Waals surface area contributed by atoms with E-state index >= 15 is 0 Å². The summed E-state index contributed by atoms with van der Waals surface area (Å²) in [6.07, 6.45) is 0. The number of anilines is 1. The molecule has 2 N–H and O–H groups in total. The van der Waals surface area contributed by atoms with Crippen LogP contribution in [0.5, 0.6) is 5.75 Å². The molecule has 4 aromatic carbocycles. The lowest BCUT2D eigenvalue weighted by Crippen LogP contribution is -2.28. The number of carbonyl (C=O) groups excluding carboxylic acids is 1. The van der Waals surface area contributed by atoms with Crippen LogP contribution in [-0.4, -0.2) is 27.5 Å². The average Bonchev–Trinajstić information content (AvgIpc) is 2.82. The van der Waals surface area contributed by atoms with Gasteiger partial charge >= 0.3 is 0 Å². The second-order valence-electron chi connectivity index (χ2n) is 7.53. The maximum atomic E-state index is 12.9. The van der Waals surface area contributed by atoms with Crippen LogP contribution in [0.15, 0.2) is 95.9 Å². The molecular weight excluding hydrogens is 436 g/mol. The van der Waals surface area contributed by atoms with Gasteiger partial charge in [-0.2, -0.15) is 0 Å². The Kier molecular flexibility index (Phi) is 6.60. The van der Waals surface area contributed by atoms with Gasteiger partial charge in [-0.25, -0.2) is 8.42 Å². The highest BCUT2D eigenvalue weighted by atomic mass is 32.2. The zero-order valence-electron chi connectivity index (χ0n) is 18.1. The topological polar surface area (TPSA) is 84.5 Å². The molecule has 4 aromatic rings. The third-order valence-electron chi connectivity index (χ3n) is 5.16. The number of para-hydroxylation sites is 1. The Labute approximate surface area is 193 Å². The second-order valence-corrected chi connectivity index (χ2v) is 9.18. The minimum Gasteiger partial charge on any atom is -0.491 e. The molecule has 0 saturated carbocycles. The highest BCUT2D eigenvalue weighted by Gasteiger charge is 2.19. The van der Waals surface area contributed by atoms with Crippen LogP contribution < -0.4 is 14.8 Å². The van der Waals surface area contributed by atoms with Crippen molar-refractivity contribution in [2.75, 3.05) is 17.9 Å². The minimum absolute atomic E-state index is 0.0611. The van der Waals surface area contributed by atoms with Gasteiger partial charge in [-0.1, -0.05) is 60.7 Å². The Morgan fingerprint density at radius 2 is 1.61 bits per heavy atom. The predicted molar refractivity (Wildman–Crippen MR) is 130 cm³/mol. The van der Waals surface area contributed by atoms with E-state index in [1.807, 2.05) is 42.5 Å². The lowest BCUT2D eigenvalue weighted by atomic mass is 10.1. The third-order valence-corrected chi connectivity index (χ3v) is 6.68. The van der Waals surface area contributed by atoms with Gasteiger partial charge < -0.3 is 10.1 Å². The predicted octanol–water partition coefficient (Wildman–Crippen LogP) is 4.76. The largest absolute Gasteiger partial charge is 0.491 e. The number of carbonyl (C=O) groups is 1. The van der Waals surface area contributed by atoms with E-state index in [1.165, 1.54) is 6.07 Å². The summed E-state index contributed by atoms with van der Waals surface area (Å²) in [7, 11) is -3.84. The third kappa shape index (κ3) is 5.32. The van der Waals surface area contributed by atoms with Gasteiger partial charge in [-0.3, -0.25) is 9.52 Å². The molecule has 33 heavy (non-hydrogen) atoms. The van der Waals surface area contributed by atoms with Gasteiger partial charge in [0.25, 0.3) is 15.9 Å². The molecule has 0 radical (unpaired) electrons. The Morgan fingerprint density at radius 3 is 2.42 bits per heavy atom. The van der Waals surface area contributed by atoms with E-state index in [0.717, 1.165) is 16.5 Å². The Bertz CT molecular complexity index is 1380. The van der Waals surface area contributed by atoms with Gasteiger partial charge in [0.1, 0.15) is 12.4 Å². The zero-order chi connectivity index (χ0) is 23.3. The quantitative estimate of drug-likeness (QED) is 0.372. The summed E-state index contributed by atoms with van der Waals surface area (Å²) in [6.45, 7) is 2.26. The fourth-order valence-corrected chi connectivity index (χ4v) is 4.83. The van der Waals surface area contributed by atoms with Crippen molar-refractivity contribution in [1.29, 1.82) is 0 Å². The van der Waals surface area contributed by atoms with Crippen LogP contribution in [0.2, 0.25) is 0 Å². The summed E-state index contributed by atoms with van der Waals surface area (Å²) in [5.74, 6) is 0.380. The van der Waals surface area contributed by atoms with Crippen LogP contribution in [-0.2, 0) is 10.0 Å². The number of hydrogen-bond acceptors (Lipinski definition) is 4. The van der Waals surface area contributed by atoms with Crippen molar-refractivity contribution in [2.45, 2.75) is 11.8 Å². The molecule has 0 atom stereocenters. The summed E-state index contributed by atoms with van der Waals surface area (Å²) >= 11 is 0. The molecule has 0 unspecified atom stereocenters. The van der Waals surface area contributed by atoms with Gasteiger partial charge in [0, 0.05) is 16.6 Å². The molecule has 0 aliphatic carbocycles. The monoisotopic (exact) mass is 460 g/mol. The molecule has 4 rings (SSSR count). The van der Waals surface area contributed by atoms with Crippen molar-refractivity contribution >= 4 is 32.4 Å². The fraction of sp³-hybridized carbons (Fsp3) is 0.115. The van der Waals surface area contributed by atoms with Gasteiger partial charge in [-0.15, -0.1) is 0 Å². The lowest BCUT2D eigenvalue weighted by Gasteiger charge is -2.13. The molecule has 0 bridgehead atoms.